The smallest absolute Gasteiger partial charge is 0.471 e. The topological polar surface area (TPSA) is 61.9 Å². The van der Waals surface area contributed by atoms with E-state index in [0.29, 0.717) is 12.3 Å². The lowest BCUT2D eigenvalue weighted by molar-refractivity contribution is -0.186. The van der Waals surface area contributed by atoms with E-state index in [1.165, 1.54) is 0 Å². The number of halogens is 3. The van der Waals surface area contributed by atoms with E-state index in [4.69, 9.17) is 4.74 Å². The van der Waals surface area contributed by atoms with E-state index in [1.54, 1.807) is 12.1 Å². The summed E-state index contributed by atoms with van der Waals surface area (Å²) in [6.07, 6.45) is -4.45. The first-order valence-corrected chi connectivity index (χ1v) is 8.40. The average Bonchev–Trinajstić information content (AvgIpc) is 2.61. The molecule has 1 aromatic rings. The molecule has 2 amide bonds. The quantitative estimate of drug-likeness (QED) is 0.866. The molecule has 0 bridgehead atoms. The highest BCUT2D eigenvalue weighted by molar-refractivity contribution is 5.93. The Hall–Kier alpha value is -2.45. The molecule has 0 radical (unpaired) electrons. The molecule has 2 aliphatic rings. The fraction of sp³-hybridized carbons (Fsp3) is 0.529. The molecule has 1 aromatic carbocycles. The number of anilines is 2. The summed E-state index contributed by atoms with van der Waals surface area (Å²) in [5.41, 5.74) is 1.49. The molecule has 0 atom stereocenters. The SMILES string of the molecule is CN1CCOc2ccc(NC(=O)C3CCN(C(=O)C(F)(F)F)CC3)cc21. The standard InChI is InChI=1S/C17H20F3N3O3/c1-22-8-9-26-14-3-2-12(10-13(14)22)21-15(24)11-4-6-23(7-5-11)16(25)17(18,19)20/h2-3,10-11H,4-9H2,1H3,(H,21,24). The van der Waals surface area contributed by atoms with Crippen LogP contribution >= 0.6 is 0 Å². The average molecular weight is 371 g/mol. The summed E-state index contributed by atoms with van der Waals surface area (Å²) >= 11 is 0. The molecule has 2 heterocycles. The molecular weight excluding hydrogens is 351 g/mol. The molecule has 26 heavy (non-hydrogen) atoms. The van der Waals surface area contributed by atoms with E-state index in [2.05, 4.69) is 5.32 Å². The van der Waals surface area contributed by atoms with Crippen LogP contribution < -0.4 is 15.0 Å². The lowest BCUT2D eigenvalue weighted by Gasteiger charge is -2.32. The minimum Gasteiger partial charge on any atom is -0.490 e. The van der Waals surface area contributed by atoms with Gasteiger partial charge in [-0.25, -0.2) is 0 Å². The molecule has 0 saturated carbocycles. The number of amides is 2. The predicted molar refractivity (Wildman–Crippen MR) is 89.2 cm³/mol. The molecule has 0 spiro atoms. The van der Waals surface area contributed by atoms with E-state index in [1.807, 2.05) is 18.0 Å². The Morgan fingerprint density at radius 2 is 1.88 bits per heavy atom. The Balaban J connectivity index is 1.58. The van der Waals surface area contributed by atoms with Gasteiger partial charge in [-0.1, -0.05) is 0 Å². The number of carbonyl (C=O) groups is 2. The minimum atomic E-state index is -4.87. The van der Waals surface area contributed by atoms with Gasteiger partial charge in [0.25, 0.3) is 0 Å². The Morgan fingerprint density at radius 1 is 1.19 bits per heavy atom. The van der Waals surface area contributed by atoms with Crippen LogP contribution in [0, 0.1) is 5.92 Å². The van der Waals surface area contributed by atoms with E-state index in [-0.39, 0.29) is 31.8 Å². The molecule has 1 N–H and O–H groups in total. The summed E-state index contributed by atoms with van der Waals surface area (Å²) in [6, 6.07) is 5.33. The van der Waals surface area contributed by atoms with Gasteiger partial charge in [-0.3, -0.25) is 9.59 Å². The van der Waals surface area contributed by atoms with Crippen molar-refractivity contribution in [3.63, 3.8) is 0 Å². The lowest BCUT2D eigenvalue weighted by Crippen LogP contribution is -2.46. The van der Waals surface area contributed by atoms with E-state index < -0.39 is 18.0 Å². The van der Waals surface area contributed by atoms with Crippen molar-refractivity contribution >= 4 is 23.2 Å². The van der Waals surface area contributed by atoms with Crippen LogP contribution in [-0.2, 0) is 9.59 Å². The number of carbonyl (C=O) groups excluding carboxylic acids is 2. The molecule has 2 aliphatic heterocycles. The number of piperidine rings is 1. The van der Waals surface area contributed by atoms with Crippen molar-refractivity contribution in [2.45, 2.75) is 19.0 Å². The summed E-state index contributed by atoms with van der Waals surface area (Å²) in [6.45, 7) is 1.20. The molecule has 0 aliphatic carbocycles. The molecule has 0 unspecified atom stereocenters. The highest BCUT2D eigenvalue weighted by atomic mass is 19.4. The summed E-state index contributed by atoms with van der Waals surface area (Å²) < 4.78 is 42.9. The van der Waals surface area contributed by atoms with Crippen LogP contribution in [0.1, 0.15) is 12.8 Å². The number of likely N-dealkylation sites (N-methyl/N-ethyl adjacent to an activating group) is 1. The van der Waals surface area contributed by atoms with Gasteiger partial charge < -0.3 is 19.9 Å². The van der Waals surface area contributed by atoms with Crippen LogP contribution in [0.25, 0.3) is 0 Å². The van der Waals surface area contributed by atoms with Gasteiger partial charge in [0, 0.05) is 31.7 Å². The van der Waals surface area contributed by atoms with Crippen molar-refractivity contribution in [2.75, 3.05) is 43.5 Å². The monoisotopic (exact) mass is 371 g/mol. The first-order chi connectivity index (χ1) is 12.3. The van der Waals surface area contributed by atoms with Crippen molar-refractivity contribution in [2.24, 2.45) is 5.92 Å². The molecule has 6 nitrogen and oxygen atoms in total. The zero-order valence-corrected chi connectivity index (χ0v) is 14.3. The van der Waals surface area contributed by atoms with Crippen LogP contribution in [0.4, 0.5) is 24.5 Å². The second-order valence-corrected chi connectivity index (χ2v) is 6.51. The maximum atomic E-state index is 12.5. The highest BCUT2D eigenvalue weighted by Crippen LogP contribution is 2.33. The van der Waals surface area contributed by atoms with Gasteiger partial charge in [-0.15, -0.1) is 0 Å². The van der Waals surface area contributed by atoms with Crippen LogP contribution in [-0.4, -0.2) is 56.2 Å². The first-order valence-electron chi connectivity index (χ1n) is 8.40. The van der Waals surface area contributed by atoms with Gasteiger partial charge in [0.05, 0.1) is 12.2 Å². The minimum absolute atomic E-state index is 0.0722. The summed E-state index contributed by atoms with van der Waals surface area (Å²) in [5, 5.41) is 2.81. The van der Waals surface area contributed by atoms with Crippen LogP contribution in [0.3, 0.4) is 0 Å². The number of benzene rings is 1. The van der Waals surface area contributed by atoms with Gasteiger partial charge in [0.1, 0.15) is 12.4 Å². The van der Waals surface area contributed by atoms with E-state index >= 15 is 0 Å². The number of fused-ring (bicyclic) bond motifs is 1. The third-order valence-electron chi connectivity index (χ3n) is 4.72. The van der Waals surface area contributed by atoms with Crippen LogP contribution in [0.2, 0.25) is 0 Å². The molecule has 142 valence electrons. The van der Waals surface area contributed by atoms with Crippen LogP contribution in [0.5, 0.6) is 5.75 Å². The Morgan fingerprint density at radius 3 is 2.54 bits per heavy atom. The third-order valence-corrected chi connectivity index (χ3v) is 4.72. The van der Waals surface area contributed by atoms with E-state index in [9.17, 15) is 22.8 Å². The van der Waals surface area contributed by atoms with Crippen molar-refractivity contribution < 1.29 is 27.5 Å². The maximum Gasteiger partial charge on any atom is 0.471 e. The predicted octanol–water partition coefficient (Wildman–Crippen LogP) is 2.25. The Bertz CT molecular complexity index is 700. The normalized spacial score (nSPS) is 18.2. The fourth-order valence-electron chi connectivity index (χ4n) is 3.20. The molecule has 3 rings (SSSR count). The van der Waals surface area contributed by atoms with Gasteiger partial charge in [0.15, 0.2) is 0 Å². The third kappa shape index (κ3) is 3.86. The number of alkyl halides is 3. The molecule has 1 fully saturated rings. The second-order valence-electron chi connectivity index (χ2n) is 6.51. The maximum absolute atomic E-state index is 12.5. The molecule has 0 aromatic heterocycles. The zero-order valence-electron chi connectivity index (χ0n) is 14.3. The van der Waals surface area contributed by atoms with Gasteiger partial charge in [0.2, 0.25) is 5.91 Å². The van der Waals surface area contributed by atoms with Crippen molar-refractivity contribution in [1.82, 2.24) is 4.90 Å². The number of nitrogens with one attached hydrogen (secondary N) is 1. The number of likely N-dealkylation sites (tertiary alicyclic amines) is 1. The van der Waals surface area contributed by atoms with Gasteiger partial charge in [-0.05, 0) is 31.0 Å². The molecular formula is C17H20F3N3O3. The first kappa shape index (κ1) is 18.3. The fourth-order valence-corrected chi connectivity index (χ4v) is 3.20. The number of nitrogens with zero attached hydrogens (tertiary/aromatic N) is 2. The zero-order chi connectivity index (χ0) is 18.9. The summed E-state index contributed by atoms with van der Waals surface area (Å²) in [5.74, 6) is -1.76. The number of ether oxygens (including phenoxy) is 1. The van der Waals surface area contributed by atoms with Crippen LogP contribution in [0.15, 0.2) is 18.2 Å². The molecule has 1 saturated heterocycles. The summed E-state index contributed by atoms with van der Waals surface area (Å²) in [7, 11) is 1.93. The van der Waals surface area contributed by atoms with E-state index in [0.717, 1.165) is 22.9 Å². The van der Waals surface area contributed by atoms with Crippen molar-refractivity contribution in [3.8, 4) is 5.75 Å². The van der Waals surface area contributed by atoms with Crippen molar-refractivity contribution in [1.29, 1.82) is 0 Å². The largest absolute Gasteiger partial charge is 0.490 e. The van der Waals surface area contributed by atoms with Gasteiger partial charge >= 0.3 is 12.1 Å². The Kier molecular flexibility index (Phi) is 4.97. The number of rotatable bonds is 2. The Labute approximate surface area is 148 Å². The summed E-state index contributed by atoms with van der Waals surface area (Å²) in [4.78, 5) is 26.4. The highest BCUT2D eigenvalue weighted by Gasteiger charge is 2.43. The molecule has 9 heteroatoms. The number of hydrogen-bond acceptors (Lipinski definition) is 4. The second kappa shape index (κ2) is 7.05. The van der Waals surface area contributed by atoms with Gasteiger partial charge in [-0.2, -0.15) is 13.2 Å². The number of hydrogen-bond donors (Lipinski definition) is 1. The lowest BCUT2D eigenvalue weighted by atomic mass is 9.95. The van der Waals surface area contributed by atoms with Crippen molar-refractivity contribution in [3.05, 3.63) is 18.2 Å².